The van der Waals surface area contributed by atoms with Gasteiger partial charge in [0, 0.05) is 0 Å². The van der Waals surface area contributed by atoms with Crippen LogP contribution in [0.1, 0.15) is 35.3 Å². The molecule has 0 spiro atoms. The second-order valence-corrected chi connectivity index (χ2v) is 7.22. The summed E-state index contributed by atoms with van der Waals surface area (Å²) in [6.07, 6.45) is -2.89. The molecule has 0 aliphatic carbocycles. The third-order valence-electron chi connectivity index (χ3n) is 5.28. The highest BCUT2D eigenvalue weighted by Crippen LogP contribution is 2.34. The van der Waals surface area contributed by atoms with Crippen molar-refractivity contribution in [3.63, 3.8) is 0 Å². The van der Waals surface area contributed by atoms with Crippen LogP contribution in [0.3, 0.4) is 0 Å². The van der Waals surface area contributed by atoms with Crippen LogP contribution >= 0.6 is 0 Å². The lowest BCUT2D eigenvalue weighted by atomic mass is 9.92. The molecule has 1 fully saturated rings. The van der Waals surface area contributed by atoms with Crippen molar-refractivity contribution in [3.8, 4) is 11.5 Å². The van der Waals surface area contributed by atoms with Gasteiger partial charge in [-0.05, 0) is 47.2 Å². The Balaban J connectivity index is 1.62. The fourth-order valence-electron chi connectivity index (χ4n) is 3.77. The van der Waals surface area contributed by atoms with E-state index >= 15 is 0 Å². The predicted molar refractivity (Wildman–Crippen MR) is 104 cm³/mol. The molecular weight excluding hydrogens is 376 g/mol. The Morgan fingerprint density at radius 1 is 0.931 bits per heavy atom. The van der Waals surface area contributed by atoms with E-state index in [1.165, 1.54) is 5.56 Å². The van der Waals surface area contributed by atoms with Crippen LogP contribution in [0, 0.1) is 0 Å². The van der Waals surface area contributed by atoms with Gasteiger partial charge in [-0.1, -0.05) is 31.2 Å². The summed E-state index contributed by atoms with van der Waals surface area (Å²) in [4.78, 5) is 0. The van der Waals surface area contributed by atoms with E-state index in [1.54, 1.807) is 0 Å². The monoisotopic (exact) mass is 402 g/mol. The van der Waals surface area contributed by atoms with Crippen LogP contribution in [0.5, 0.6) is 11.5 Å². The van der Waals surface area contributed by atoms with Gasteiger partial charge in [0.2, 0.25) is 0 Å². The zero-order valence-electron chi connectivity index (χ0n) is 16.3. The van der Waals surface area contributed by atoms with Gasteiger partial charge in [0.15, 0.2) is 24.1 Å². The third-order valence-corrected chi connectivity index (χ3v) is 5.28. The first-order chi connectivity index (χ1) is 14.1. The van der Waals surface area contributed by atoms with Crippen molar-refractivity contribution < 1.29 is 34.3 Å². The Bertz CT molecular complexity index is 853. The average molecular weight is 402 g/mol. The first-order valence-electron chi connectivity index (χ1n) is 9.87. The molecule has 0 radical (unpaired) electrons. The average Bonchev–Trinajstić information content (AvgIpc) is 2.75. The number of benzene rings is 2. The summed E-state index contributed by atoms with van der Waals surface area (Å²) < 4.78 is 21.9. The Morgan fingerprint density at radius 3 is 2.48 bits per heavy atom. The SMILES string of the molecule is CCc1ccc([C@@H]2O[C@H](CO)O[C@H](O)[C@H]2O)cc1Cc1ccc2c(c1)OCCO2. The van der Waals surface area contributed by atoms with Crippen LogP contribution < -0.4 is 9.47 Å². The molecule has 0 bridgehead atoms. The molecule has 156 valence electrons. The molecule has 2 aliphatic rings. The minimum absolute atomic E-state index is 0.405. The molecule has 4 rings (SSSR count). The van der Waals surface area contributed by atoms with Gasteiger partial charge >= 0.3 is 0 Å². The number of ether oxygens (including phenoxy) is 4. The predicted octanol–water partition coefficient (Wildman–Crippen LogP) is 1.70. The Kier molecular flexibility index (Phi) is 6.03. The molecule has 0 aromatic heterocycles. The lowest BCUT2D eigenvalue weighted by molar-refractivity contribution is -0.342. The molecule has 2 heterocycles. The van der Waals surface area contributed by atoms with Crippen molar-refractivity contribution in [1.29, 1.82) is 0 Å². The molecule has 7 nitrogen and oxygen atoms in total. The van der Waals surface area contributed by atoms with Crippen LogP contribution in [0.25, 0.3) is 0 Å². The molecule has 1 saturated heterocycles. The van der Waals surface area contributed by atoms with Gasteiger partial charge in [-0.25, -0.2) is 0 Å². The largest absolute Gasteiger partial charge is 0.486 e. The number of rotatable bonds is 5. The van der Waals surface area contributed by atoms with Crippen LogP contribution in [-0.2, 0) is 22.3 Å². The summed E-state index contributed by atoms with van der Waals surface area (Å²) in [5.41, 5.74) is 4.09. The number of aryl methyl sites for hydroxylation is 1. The molecule has 3 N–H and O–H groups in total. The maximum atomic E-state index is 10.3. The molecule has 2 aliphatic heterocycles. The topological polar surface area (TPSA) is 97.6 Å². The third kappa shape index (κ3) is 4.24. The summed E-state index contributed by atoms with van der Waals surface area (Å²) >= 11 is 0. The molecule has 0 amide bonds. The maximum absolute atomic E-state index is 10.3. The summed E-state index contributed by atoms with van der Waals surface area (Å²) in [6.45, 7) is 2.78. The Hall–Kier alpha value is -2.16. The van der Waals surface area contributed by atoms with Crippen LogP contribution in [-0.4, -0.2) is 53.8 Å². The number of aliphatic hydroxyl groups is 3. The fraction of sp³-hybridized carbons (Fsp3) is 0.455. The Labute approximate surface area is 169 Å². The van der Waals surface area contributed by atoms with Gasteiger partial charge < -0.3 is 34.3 Å². The van der Waals surface area contributed by atoms with E-state index in [9.17, 15) is 15.3 Å². The number of fused-ring (bicyclic) bond motifs is 1. The van der Waals surface area contributed by atoms with Crippen LogP contribution in [0.4, 0.5) is 0 Å². The minimum atomic E-state index is -1.42. The molecule has 0 unspecified atom stereocenters. The number of aliphatic hydroxyl groups excluding tert-OH is 3. The lowest BCUT2D eigenvalue weighted by Crippen LogP contribution is -2.46. The van der Waals surface area contributed by atoms with E-state index in [0.717, 1.165) is 34.6 Å². The van der Waals surface area contributed by atoms with Crippen molar-refractivity contribution in [2.24, 2.45) is 0 Å². The van der Waals surface area contributed by atoms with Gasteiger partial charge in [-0.2, -0.15) is 0 Å². The highest BCUT2D eigenvalue weighted by atomic mass is 16.8. The zero-order valence-corrected chi connectivity index (χ0v) is 16.3. The van der Waals surface area contributed by atoms with Crippen molar-refractivity contribution >= 4 is 0 Å². The van der Waals surface area contributed by atoms with Crippen LogP contribution in [0.2, 0.25) is 0 Å². The van der Waals surface area contributed by atoms with Gasteiger partial charge in [0.05, 0.1) is 6.61 Å². The quantitative estimate of drug-likeness (QED) is 0.700. The van der Waals surface area contributed by atoms with Gasteiger partial charge in [-0.15, -0.1) is 0 Å². The van der Waals surface area contributed by atoms with Gasteiger partial charge in [0.1, 0.15) is 25.4 Å². The molecule has 4 atom stereocenters. The number of hydrogen-bond acceptors (Lipinski definition) is 7. The van der Waals surface area contributed by atoms with E-state index < -0.39 is 31.4 Å². The summed E-state index contributed by atoms with van der Waals surface area (Å²) in [5.74, 6) is 1.51. The van der Waals surface area contributed by atoms with Gasteiger partial charge in [0.25, 0.3) is 0 Å². The Morgan fingerprint density at radius 2 is 1.72 bits per heavy atom. The summed E-state index contributed by atoms with van der Waals surface area (Å²) in [5, 5.41) is 29.6. The zero-order chi connectivity index (χ0) is 20.4. The second-order valence-electron chi connectivity index (χ2n) is 7.22. The summed E-state index contributed by atoms with van der Waals surface area (Å²) in [6, 6.07) is 11.8. The highest BCUT2D eigenvalue weighted by molar-refractivity contribution is 5.46. The first-order valence-corrected chi connectivity index (χ1v) is 9.87. The van der Waals surface area contributed by atoms with Crippen molar-refractivity contribution in [2.45, 2.75) is 44.6 Å². The second kappa shape index (κ2) is 8.69. The molecule has 7 heteroatoms. The van der Waals surface area contributed by atoms with E-state index in [0.29, 0.717) is 19.6 Å². The molecule has 2 aromatic rings. The standard InChI is InChI=1S/C22H26O7/c1-2-14-4-5-15(21-20(24)22(25)29-19(12-23)28-21)11-16(14)9-13-3-6-17-18(10-13)27-8-7-26-17/h3-6,10-11,19-25H,2,7-9,12H2,1H3/t19-,20-,21-,22-/m0/s1. The molecular formula is C22H26O7. The van der Waals surface area contributed by atoms with E-state index in [-0.39, 0.29) is 0 Å². The van der Waals surface area contributed by atoms with Crippen molar-refractivity contribution in [2.75, 3.05) is 19.8 Å². The van der Waals surface area contributed by atoms with E-state index in [1.807, 2.05) is 36.4 Å². The van der Waals surface area contributed by atoms with Crippen LogP contribution in [0.15, 0.2) is 36.4 Å². The molecule has 2 aromatic carbocycles. The fourth-order valence-corrected chi connectivity index (χ4v) is 3.77. The van der Waals surface area contributed by atoms with Crippen molar-refractivity contribution in [3.05, 3.63) is 58.7 Å². The minimum Gasteiger partial charge on any atom is -0.486 e. The molecule has 29 heavy (non-hydrogen) atoms. The normalized spacial score (nSPS) is 26.3. The number of hydrogen-bond donors (Lipinski definition) is 3. The lowest BCUT2D eigenvalue weighted by Gasteiger charge is -2.36. The highest BCUT2D eigenvalue weighted by Gasteiger charge is 2.38. The van der Waals surface area contributed by atoms with E-state index in [2.05, 4.69) is 6.92 Å². The first kappa shape index (κ1) is 20.1. The van der Waals surface area contributed by atoms with E-state index in [4.69, 9.17) is 18.9 Å². The smallest absolute Gasteiger partial charge is 0.186 e. The summed E-state index contributed by atoms with van der Waals surface area (Å²) in [7, 11) is 0. The van der Waals surface area contributed by atoms with Gasteiger partial charge in [-0.3, -0.25) is 0 Å². The van der Waals surface area contributed by atoms with Crippen molar-refractivity contribution in [1.82, 2.24) is 0 Å². The molecule has 0 saturated carbocycles. The maximum Gasteiger partial charge on any atom is 0.186 e.